The number of carbonyl (C=O) groups is 1. The second-order valence-electron chi connectivity index (χ2n) is 8.70. The summed E-state index contributed by atoms with van der Waals surface area (Å²) in [4.78, 5) is 10.8. The molecule has 2 aromatic carbocycles. The molecule has 1 N–H and O–H groups in total. The van der Waals surface area contributed by atoms with E-state index < -0.39 is 23.3 Å². The van der Waals surface area contributed by atoms with Gasteiger partial charge in [0.15, 0.2) is 17.9 Å². The molecule has 1 aliphatic rings. The van der Waals surface area contributed by atoms with Crippen LogP contribution in [0, 0.1) is 18.6 Å². The number of hydrogen-bond donors (Lipinski definition) is 1. The van der Waals surface area contributed by atoms with Crippen LogP contribution >= 0.6 is 0 Å². The van der Waals surface area contributed by atoms with Gasteiger partial charge in [-0.2, -0.15) is 4.57 Å². The number of aryl methyl sites for hydroxylation is 1. The maximum absolute atomic E-state index is 15.3. The Hall–Kier alpha value is -3.41. The minimum atomic E-state index is -1.61. The highest BCUT2D eigenvalue weighted by Crippen LogP contribution is 2.42. The largest absolute Gasteiger partial charge is 0.478 e. The van der Waals surface area contributed by atoms with Crippen LogP contribution < -0.4 is 4.57 Å². The van der Waals surface area contributed by atoms with E-state index in [-0.39, 0.29) is 17.7 Å². The fourth-order valence-electron chi connectivity index (χ4n) is 4.34. The number of carboxylic acid groups (broad SMARTS) is 1. The van der Waals surface area contributed by atoms with E-state index in [4.69, 9.17) is 5.11 Å². The number of halogens is 3. The SMILES string of the molecule is Cc1cc2c(c(-c3c(F)cc(/C=C/C(=O)O)cc3F)[n+]1CC(C)(C)F)Cc1ccccc1-2. The third-order valence-corrected chi connectivity index (χ3v) is 5.59. The van der Waals surface area contributed by atoms with Crippen molar-refractivity contribution in [2.24, 2.45) is 0 Å². The number of nitrogens with zero attached hydrogens (tertiary/aromatic N) is 1. The number of rotatable bonds is 5. The highest BCUT2D eigenvalue weighted by molar-refractivity contribution is 5.86. The molecule has 0 bridgehead atoms. The van der Waals surface area contributed by atoms with Crippen molar-refractivity contribution in [3.05, 3.63) is 82.6 Å². The standard InChI is InChI=1S/C26H22F3NO2/c1-15-10-19-18-7-5-4-6-17(18)13-20(19)25(30(15)14-26(2,3)29)24-21(27)11-16(12-22(24)28)8-9-23(31)32/h4-12H,13-14H2,1-3H3/p+1/b9-8+. The van der Waals surface area contributed by atoms with E-state index in [2.05, 4.69) is 0 Å². The summed E-state index contributed by atoms with van der Waals surface area (Å²) >= 11 is 0. The molecule has 0 spiro atoms. The fourth-order valence-corrected chi connectivity index (χ4v) is 4.34. The molecule has 0 fully saturated rings. The summed E-state index contributed by atoms with van der Waals surface area (Å²) in [7, 11) is 0. The van der Waals surface area contributed by atoms with Crippen LogP contribution in [-0.4, -0.2) is 16.7 Å². The topological polar surface area (TPSA) is 41.2 Å². The van der Waals surface area contributed by atoms with Gasteiger partial charge in [0, 0.05) is 31.1 Å². The second kappa shape index (κ2) is 7.93. The minimum Gasteiger partial charge on any atom is -0.478 e. The lowest BCUT2D eigenvalue weighted by Crippen LogP contribution is -2.47. The second-order valence-corrected chi connectivity index (χ2v) is 8.70. The van der Waals surface area contributed by atoms with Gasteiger partial charge in [-0.15, -0.1) is 0 Å². The van der Waals surface area contributed by atoms with Crippen molar-refractivity contribution < 1.29 is 27.6 Å². The van der Waals surface area contributed by atoms with Crippen LogP contribution in [0.3, 0.4) is 0 Å². The summed E-state index contributed by atoms with van der Waals surface area (Å²) in [5, 5.41) is 8.80. The van der Waals surface area contributed by atoms with Gasteiger partial charge in [-0.05, 0) is 54.3 Å². The number of carboxylic acids is 1. The molecule has 3 nitrogen and oxygen atoms in total. The summed E-state index contributed by atoms with van der Waals surface area (Å²) in [6.45, 7) is 4.59. The van der Waals surface area contributed by atoms with Gasteiger partial charge in [0.1, 0.15) is 17.2 Å². The molecule has 0 atom stereocenters. The van der Waals surface area contributed by atoms with E-state index in [0.29, 0.717) is 17.8 Å². The number of aliphatic carboxylic acids is 1. The molecule has 3 aromatic rings. The molecule has 4 rings (SSSR count). The average molecular weight is 438 g/mol. The highest BCUT2D eigenvalue weighted by Gasteiger charge is 2.36. The Morgan fingerprint density at radius 3 is 2.41 bits per heavy atom. The van der Waals surface area contributed by atoms with Crippen molar-refractivity contribution in [3.63, 3.8) is 0 Å². The number of alkyl halides is 1. The Balaban J connectivity index is 2.00. The van der Waals surface area contributed by atoms with Gasteiger partial charge in [-0.3, -0.25) is 0 Å². The maximum atomic E-state index is 15.3. The monoisotopic (exact) mass is 438 g/mol. The molecule has 164 valence electrons. The molecular formula is C26H23F3NO2+. The Morgan fingerprint density at radius 1 is 1.12 bits per heavy atom. The molecule has 0 amide bonds. The van der Waals surface area contributed by atoms with Gasteiger partial charge in [0.2, 0.25) is 5.69 Å². The Labute approximate surface area is 184 Å². The smallest absolute Gasteiger partial charge is 0.328 e. The van der Waals surface area contributed by atoms with E-state index in [1.165, 1.54) is 13.8 Å². The molecule has 0 radical (unpaired) electrons. The zero-order chi connectivity index (χ0) is 23.2. The van der Waals surface area contributed by atoms with E-state index in [9.17, 15) is 9.18 Å². The first-order valence-corrected chi connectivity index (χ1v) is 10.3. The number of benzene rings is 2. The third-order valence-electron chi connectivity index (χ3n) is 5.59. The Kier molecular flexibility index (Phi) is 5.41. The van der Waals surface area contributed by atoms with Crippen molar-refractivity contribution >= 4 is 12.0 Å². The maximum Gasteiger partial charge on any atom is 0.328 e. The summed E-state index contributed by atoms with van der Waals surface area (Å²) in [6.07, 6.45) is 2.43. The fraction of sp³-hybridized carbons (Fsp3) is 0.231. The molecule has 1 heterocycles. The lowest BCUT2D eigenvalue weighted by molar-refractivity contribution is -0.702. The lowest BCUT2D eigenvalue weighted by atomic mass is 9.96. The highest BCUT2D eigenvalue weighted by atomic mass is 19.1. The van der Waals surface area contributed by atoms with Gasteiger partial charge in [-0.25, -0.2) is 18.0 Å². The van der Waals surface area contributed by atoms with E-state index in [1.807, 2.05) is 30.3 Å². The van der Waals surface area contributed by atoms with E-state index in [1.54, 1.807) is 11.5 Å². The molecule has 0 unspecified atom stereocenters. The lowest BCUT2D eigenvalue weighted by Gasteiger charge is -2.18. The summed E-state index contributed by atoms with van der Waals surface area (Å²) in [5.74, 6) is -2.87. The zero-order valence-electron chi connectivity index (χ0n) is 18.0. The first-order chi connectivity index (χ1) is 15.0. The van der Waals surface area contributed by atoms with Crippen LogP contribution in [-0.2, 0) is 17.8 Å². The predicted molar refractivity (Wildman–Crippen MR) is 117 cm³/mol. The van der Waals surface area contributed by atoms with Crippen LogP contribution in [0.25, 0.3) is 28.5 Å². The van der Waals surface area contributed by atoms with Gasteiger partial charge in [-0.1, -0.05) is 24.3 Å². The van der Waals surface area contributed by atoms with Crippen molar-refractivity contribution in [1.82, 2.24) is 0 Å². The van der Waals surface area contributed by atoms with E-state index >= 15 is 8.78 Å². The Morgan fingerprint density at radius 2 is 1.78 bits per heavy atom. The van der Waals surface area contributed by atoms with Gasteiger partial charge < -0.3 is 5.11 Å². The molecule has 0 saturated heterocycles. The number of aromatic nitrogens is 1. The minimum absolute atomic E-state index is 0.0721. The molecule has 32 heavy (non-hydrogen) atoms. The van der Waals surface area contributed by atoms with Gasteiger partial charge in [0.25, 0.3) is 0 Å². The van der Waals surface area contributed by atoms with Crippen molar-refractivity contribution in [3.8, 4) is 22.4 Å². The summed E-state index contributed by atoms with van der Waals surface area (Å²) < 4.78 is 47.0. The zero-order valence-corrected chi connectivity index (χ0v) is 18.0. The number of pyridine rings is 1. The van der Waals surface area contributed by atoms with Gasteiger partial charge >= 0.3 is 5.97 Å². The van der Waals surface area contributed by atoms with Crippen molar-refractivity contribution in [2.45, 2.75) is 39.4 Å². The summed E-state index contributed by atoms with van der Waals surface area (Å²) in [6, 6.07) is 11.9. The van der Waals surface area contributed by atoms with Gasteiger partial charge in [0.05, 0.1) is 0 Å². The number of hydrogen-bond acceptors (Lipinski definition) is 1. The molecule has 6 heteroatoms. The van der Waals surface area contributed by atoms with Crippen molar-refractivity contribution in [2.75, 3.05) is 0 Å². The normalized spacial score (nSPS) is 12.8. The first kappa shape index (κ1) is 21.8. The molecular weight excluding hydrogens is 415 g/mol. The average Bonchev–Trinajstić information content (AvgIpc) is 3.05. The molecule has 0 saturated carbocycles. The van der Waals surface area contributed by atoms with Crippen LogP contribution in [0.5, 0.6) is 0 Å². The summed E-state index contributed by atoms with van der Waals surface area (Å²) in [5.41, 5.74) is 2.91. The molecule has 1 aliphatic carbocycles. The van der Waals surface area contributed by atoms with Crippen LogP contribution in [0.15, 0.2) is 48.5 Å². The first-order valence-electron chi connectivity index (χ1n) is 10.3. The third kappa shape index (κ3) is 4.05. The van der Waals surface area contributed by atoms with Crippen LogP contribution in [0.1, 0.15) is 36.2 Å². The van der Waals surface area contributed by atoms with E-state index in [0.717, 1.165) is 46.5 Å². The van der Waals surface area contributed by atoms with Crippen molar-refractivity contribution in [1.29, 1.82) is 0 Å². The van der Waals surface area contributed by atoms with Crippen LogP contribution in [0.4, 0.5) is 13.2 Å². The molecule has 0 aliphatic heterocycles. The quantitative estimate of drug-likeness (QED) is 0.323. The van der Waals surface area contributed by atoms with Crippen LogP contribution in [0.2, 0.25) is 0 Å². The Bertz CT molecular complexity index is 1250. The number of fused-ring (bicyclic) bond motifs is 3. The molecule has 1 aromatic heterocycles. The predicted octanol–water partition coefficient (Wildman–Crippen LogP) is 5.64.